The van der Waals surface area contributed by atoms with Crippen LogP contribution in [-0.4, -0.2) is 47.6 Å². The lowest BCUT2D eigenvalue weighted by Gasteiger charge is -2.29. The van der Waals surface area contributed by atoms with Crippen molar-refractivity contribution in [2.45, 2.75) is 105 Å². The van der Waals surface area contributed by atoms with Gasteiger partial charge in [0.1, 0.15) is 18.3 Å². The van der Waals surface area contributed by atoms with Crippen LogP contribution in [0.5, 0.6) is 5.75 Å². The second kappa shape index (κ2) is 21.1. The van der Waals surface area contributed by atoms with Gasteiger partial charge in [0.05, 0.1) is 7.11 Å². The predicted octanol–water partition coefficient (Wildman–Crippen LogP) is 10.1. The van der Waals surface area contributed by atoms with Gasteiger partial charge in [-0.2, -0.15) is 0 Å². The van der Waals surface area contributed by atoms with Gasteiger partial charge in [-0.3, -0.25) is 4.79 Å². The number of carbonyl (C=O) groups is 2. The van der Waals surface area contributed by atoms with Crippen molar-refractivity contribution in [3.8, 4) is 5.75 Å². The van der Waals surface area contributed by atoms with Gasteiger partial charge in [0.15, 0.2) is 0 Å². The second-order valence-corrected chi connectivity index (χ2v) is 12.1. The molecule has 0 spiro atoms. The zero-order valence-corrected chi connectivity index (χ0v) is 29.4. The summed E-state index contributed by atoms with van der Waals surface area (Å²) in [5.41, 5.74) is 8.59. The molecule has 5 nitrogen and oxygen atoms in total. The lowest BCUT2D eigenvalue weighted by atomic mass is 9.76. The maximum Gasteiger partial charge on any atom is 0.150 e. The fourth-order valence-corrected chi connectivity index (χ4v) is 6.34. The molecule has 44 heavy (non-hydrogen) atoms. The third-order valence-electron chi connectivity index (χ3n) is 8.80. The van der Waals surface area contributed by atoms with E-state index >= 15 is 0 Å². The Morgan fingerprint density at radius 3 is 1.98 bits per heavy atom. The van der Waals surface area contributed by atoms with Gasteiger partial charge in [0, 0.05) is 39.9 Å². The number of rotatable bonds is 10. The van der Waals surface area contributed by atoms with E-state index in [9.17, 15) is 9.59 Å². The zero-order chi connectivity index (χ0) is 33.1. The first kappa shape index (κ1) is 39.3. The number of carbonyl (C=O) groups excluding carboxylic acids is 2. The highest BCUT2D eigenvalue weighted by molar-refractivity contribution is 5.93. The lowest BCUT2D eigenvalue weighted by Crippen LogP contribution is -2.12. The van der Waals surface area contributed by atoms with Crippen molar-refractivity contribution < 1.29 is 23.8 Å². The van der Waals surface area contributed by atoms with E-state index in [1.54, 1.807) is 28.4 Å². The third-order valence-corrected chi connectivity index (χ3v) is 8.80. The van der Waals surface area contributed by atoms with E-state index in [0.717, 1.165) is 48.9 Å². The van der Waals surface area contributed by atoms with Crippen molar-refractivity contribution in [2.75, 3.05) is 35.0 Å². The summed E-state index contributed by atoms with van der Waals surface area (Å²) in [6.07, 6.45) is 12.2. The molecule has 0 aliphatic heterocycles. The van der Waals surface area contributed by atoms with Crippen LogP contribution in [0.25, 0.3) is 11.1 Å². The number of hydrogen-bond acceptors (Lipinski definition) is 5. The smallest absolute Gasteiger partial charge is 0.150 e. The molecule has 0 amide bonds. The summed E-state index contributed by atoms with van der Waals surface area (Å²) in [5, 5.41) is 0. The fraction of sp³-hybridized carbons (Fsp3) is 0.590. The van der Waals surface area contributed by atoms with Crippen molar-refractivity contribution in [1.82, 2.24) is 0 Å². The third kappa shape index (κ3) is 11.0. The summed E-state index contributed by atoms with van der Waals surface area (Å²) in [6, 6.07) is 12.6. The van der Waals surface area contributed by atoms with Crippen LogP contribution < -0.4 is 4.74 Å². The van der Waals surface area contributed by atoms with Gasteiger partial charge in [0.25, 0.3) is 0 Å². The van der Waals surface area contributed by atoms with Gasteiger partial charge >= 0.3 is 0 Å². The molecule has 4 rings (SSSR count). The highest BCUT2D eigenvalue weighted by atomic mass is 16.5. The highest BCUT2D eigenvalue weighted by Crippen LogP contribution is 2.64. The van der Waals surface area contributed by atoms with Crippen molar-refractivity contribution in [2.24, 2.45) is 11.3 Å². The SMILES string of the molecule is CCC.CCC1(CC=O)CC1c1cc(OC)ccc1/C(C)=C(/c1ccc(C=O)cc1C)C1CCCCC1.CCOC.COC. The van der Waals surface area contributed by atoms with E-state index in [0.29, 0.717) is 18.3 Å². The Bertz CT molecular complexity index is 1160. The molecule has 2 unspecified atom stereocenters. The molecular weight excluding hydrogens is 548 g/mol. The maximum absolute atomic E-state index is 11.5. The van der Waals surface area contributed by atoms with Crippen LogP contribution in [0.1, 0.15) is 131 Å². The van der Waals surface area contributed by atoms with Crippen molar-refractivity contribution >= 4 is 23.7 Å². The lowest BCUT2D eigenvalue weighted by molar-refractivity contribution is -0.108. The highest BCUT2D eigenvalue weighted by Gasteiger charge is 2.53. The number of benzene rings is 2. The Labute approximate surface area is 268 Å². The fourth-order valence-electron chi connectivity index (χ4n) is 6.34. The minimum absolute atomic E-state index is 0.0790. The number of aryl methyl sites for hydroxylation is 1. The van der Waals surface area contributed by atoms with Gasteiger partial charge in [-0.25, -0.2) is 0 Å². The second-order valence-electron chi connectivity index (χ2n) is 12.1. The van der Waals surface area contributed by atoms with Crippen molar-refractivity contribution in [3.05, 3.63) is 64.2 Å². The molecule has 0 radical (unpaired) electrons. The van der Waals surface area contributed by atoms with Crippen molar-refractivity contribution in [3.63, 3.8) is 0 Å². The molecule has 2 atom stereocenters. The molecule has 0 saturated heterocycles. The summed E-state index contributed by atoms with van der Waals surface area (Å²) >= 11 is 0. The van der Waals surface area contributed by atoms with E-state index in [1.165, 1.54) is 66.4 Å². The molecule has 0 heterocycles. The summed E-state index contributed by atoms with van der Waals surface area (Å²) in [5.74, 6) is 1.78. The average Bonchev–Trinajstić information content (AvgIpc) is 3.77. The Kier molecular flexibility index (Phi) is 18.8. The van der Waals surface area contributed by atoms with E-state index < -0.39 is 0 Å². The van der Waals surface area contributed by atoms with Crippen LogP contribution in [0, 0.1) is 18.3 Å². The van der Waals surface area contributed by atoms with Gasteiger partial charge in [-0.15, -0.1) is 0 Å². The molecule has 2 aromatic rings. The van der Waals surface area contributed by atoms with Crippen molar-refractivity contribution in [1.29, 1.82) is 0 Å². The van der Waals surface area contributed by atoms with Gasteiger partial charge < -0.3 is 19.0 Å². The largest absolute Gasteiger partial charge is 0.497 e. The first-order valence-corrected chi connectivity index (χ1v) is 16.5. The molecule has 5 heteroatoms. The van der Waals surface area contributed by atoms with Crippen LogP contribution in [0.3, 0.4) is 0 Å². The summed E-state index contributed by atoms with van der Waals surface area (Å²) in [4.78, 5) is 22.8. The number of methoxy groups -OCH3 is 3. The first-order valence-electron chi connectivity index (χ1n) is 16.5. The molecule has 2 aliphatic carbocycles. The van der Waals surface area contributed by atoms with Crippen LogP contribution in [-0.2, 0) is 14.3 Å². The van der Waals surface area contributed by atoms with Crippen LogP contribution in [0.2, 0.25) is 0 Å². The molecule has 246 valence electrons. The number of hydrogen-bond donors (Lipinski definition) is 0. The van der Waals surface area contributed by atoms with Gasteiger partial charge in [-0.05, 0) is 115 Å². The molecule has 2 fully saturated rings. The minimum atomic E-state index is 0.0790. The van der Waals surface area contributed by atoms with E-state index in [4.69, 9.17) is 4.74 Å². The number of ether oxygens (including phenoxy) is 3. The number of aldehydes is 2. The Balaban J connectivity index is 0.000000852. The molecule has 2 saturated carbocycles. The zero-order valence-electron chi connectivity index (χ0n) is 29.4. The van der Waals surface area contributed by atoms with Crippen LogP contribution in [0.4, 0.5) is 0 Å². The standard InChI is InChI=1S/C31H38O3.C3H8O.C3H8.C2H6O/c1-5-31(15-16-32)19-29(31)28-18-25(34-4)12-14-27(28)22(3)30(24-9-7-6-8-10-24)26-13-11-23(20-33)17-21(26)2;1-3-4-2;2*1-3-2/h11-14,16-18,20,24,29H,5-10,15,19H2,1-4H3;3H2,1-2H3;3H2,1-2H3;1-2H3/b30-22+;;;. The predicted molar refractivity (Wildman–Crippen MR) is 186 cm³/mol. The quantitative estimate of drug-likeness (QED) is 0.198. The average molecular weight is 609 g/mol. The molecule has 2 aliphatic rings. The molecule has 0 bridgehead atoms. The van der Waals surface area contributed by atoms with E-state index in [1.807, 2.05) is 19.1 Å². The normalized spacial score (nSPS) is 19.5. The van der Waals surface area contributed by atoms with E-state index in [2.05, 4.69) is 68.4 Å². The molecule has 2 aromatic carbocycles. The molecule has 0 N–H and O–H groups in total. The van der Waals surface area contributed by atoms with Gasteiger partial charge in [-0.1, -0.05) is 64.7 Å². The summed E-state index contributed by atoms with van der Waals surface area (Å²) < 4.78 is 14.4. The Morgan fingerprint density at radius 2 is 1.50 bits per heavy atom. The first-order chi connectivity index (χ1) is 21.2. The summed E-state index contributed by atoms with van der Waals surface area (Å²) in [7, 11) is 6.65. The molecular formula is C39H60O5. The van der Waals surface area contributed by atoms with E-state index in [-0.39, 0.29) is 5.41 Å². The Hall–Kier alpha value is -2.76. The minimum Gasteiger partial charge on any atom is -0.497 e. The summed E-state index contributed by atoms with van der Waals surface area (Å²) in [6.45, 7) is 13.6. The van der Waals surface area contributed by atoms with Gasteiger partial charge in [0.2, 0.25) is 0 Å². The maximum atomic E-state index is 11.5. The number of allylic oxidation sites excluding steroid dienone is 2. The monoisotopic (exact) mass is 608 g/mol. The molecule has 0 aromatic heterocycles. The van der Waals surface area contributed by atoms with Crippen LogP contribution >= 0.6 is 0 Å². The van der Waals surface area contributed by atoms with Crippen LogP contribution in [0.15, 0.2) is 36.4 Å². The Morgan fingerprint density at radius 1 is 0.909 bits per heavy atom. The topological polar surface area (TPSA) is 61.8 Å².